The Labute approximate surface area is 159 Å². The van der Waals surface area contributed by atoms with Gasteiger partial charge in [0.25, 0.3) is 5.91 Å². The van der Waals surface area contributed by atoms with Gasteiger partial charge in [0.05, 0.1) is 31.3 Å². The molecule has 1 unspecified atom stereocenters. The first kappa shape index (κ1) is 18.8. The standard InChI is InChI=1S/C21H25N3O3/c1-5-12-24-17-9-7-6-8-16(17)23-20(24)14(2)22-21(25)15-10-11-18(26-3)19(13-15)27-4/h6-11,13-14H,5,12H2,1-4H3,(H,22,25). The van der Waals surface area contributed by atoms with Gasteiger partial charge in [0.2, 0.25) is 0 Å². The Balaban J connectivity index is 1.87. The zero-order valence-electron chi connectivity index (χ0n) is 16.2. The third-order valence-corrected chi connectivity index (χ3v) is 4.51. The molecule has 3 aromatic rings. The molecule has 0 bridgehead atoms. The van der Waals surface area contributed by atoms with E-state index in [1.54, 1.807) is 32.4 Å². The number of nitrogens with one attached hydrogen (secondary N) is 1. The van der Waals surface area contributed by atoms with E-state index in [4.69, 9.17) is 14.5 Å². The summed E-state index contributed by atoms with van der Waals surface area (Å²) in [7, 11) is 3.12. The zero-order valence-corrected chi connectivity index (χ0v) is 16.2. The maximum Gasteiger partial charge on any atom is 0.251 e. The number of amides is 1. The molecule has 0 saturated heterocycles. The molecule has 0 radical (unpaired) electrons. The van der Waals surface area contributed by atoms with E-state index in [1.165, 1.54) is 0 Å². The van der Waals surface area contributed by atoms with Gasteiger partial charge in [-0.1, -0.05) is 19.1 Å². The van der Waals surface area contributed by atoms with Crippen LogP contribution in [0.3, 0.4) is 0 Å². The summed E-state index contributed by atoms with van der Waals surface area (Å²) in [5.74, 6) is 1.79. The number of rotatable bonds is 7. The third kappa shape index (κ3) is 3.74. The van der Waals surface area contributed by atoms with Crippen molar-refractivity contribution in [3.63, 3.8) is 0 Å². The topological polar surface area (TPSA) is 65.4 Å². The van der Waals surface area contributed by atoms with E-state index >= 15 is 0 Å². The molecule has 0 aliphatic rings. The Kier molecular flexibility index (Phi) is 5.64. The summed E-state index contributed by atoms with van der Waals surface area (Å²) in [5.41, 5.74) is 2.53. The summed E-state index contributed by atoms with van der Waals surface area (Å²) in [4.78, 5) is 17.5. The Morgan fingerprint density at radius 2 is 1.89 bits per heavy atom. The van der Waals surface area contributed by atoms with Crippen molar-refractivity contribution in [2.24, 2.45) is 0 Å². The van der Waals surface area contributed by atoms with Crippen LogP contribution in [0.25, 0.3) is 11.0 Å². The average molecular weight is 367 g/mol. The average Bonchev–Trinajstić information content (AvgIpc) is 3.06. The van der Waals surface area contributed by atoms with Gasteiger partial charge in [-0.05, 0) is 43.7 Å². The van der Waals surface area contributed by atoms with Crippen LogP contribution in [0.15, 0.2) is 42.5 Å². The minimum atomic E-state index is -0.232. The molecule has 27 heavy (non-hydrogen) atoms. The summed E-state index contributed by atoms with van der Waals surface area (Å²) in [6.45, 7) is 4.93. The first-order chi connectivity index (χ1) is 13.1. The highest BCUT2D eigenvalue weighted by Gasteiger charge is 2.19. The molecule has 1 amide bonds. The summed E-state index contributed by atoms with van der Waals surface area (Å²) in [6, 6.07) is 12.9. The predicted octanol–water partition coefficient (Wildman–Crippen LogP) is 3.95. The van der Waals surface area contributed by atoms with Crippen LogP contribution in [-0.4, -0.2) is 29.7 Å². The Bertz CT molecular complexity index is 949. The molecule has 142 valence electrons. The SMILES string of the molecule is CCCn1c(C(C)NC(=O)c2ccc(OC)c(OC)c2)nc2ccccc21. The molecule has 1 atom stereocenters. The van der Waals surface area contributed by atoms with E-state index < -0.39 is 0 Å². The molecule has 0 saturated carbocycles. The fraction of sp³-hybridized carbons (Fsp3) is 0.333. The van der Waals surface area contributed by atoms with E-state index in [1.807, 2.05) is 25.1 Å². The summed E-state index contributed by atoms with van der Waals surface area (Å²) in [5, 5.41) is 3.04. The quantitative estimate of drug-likeness (QED) is 0.687. The van der Waals surface area contributed by atoms with Crippen LogP contribution in [-0.2, 0) is 6.54 Å². The maximum absolute atomic E-state index is 12.7. The van der Waals surface area contributed by atoms with E-state index in [0.29, 0.717) is 17.1 Å². The van der Waals surface area contributed by atoms with Crippen molar-refractivity contribution < 1.29 is 14.3 Å². The van der Waals surface area contributed by atoms with Gasteiger partial charge in [-0.15, -0.1) is 0 Å². The van der Waals surface area contributed by atoms with Gasteiger partial charge in [0.15, 0.2) is 11.5 Å². The first-order valence-electron chi connectivity index (χ1n) is 9.07. The predicted molar refractivity (Wildman–Crippen MR) is 105 cm³/mol. The van der Waals surface area contributed by atoms with Crippen LogP contribution >= 0.6 is 0 Å². The number of imidazole rings is 1. The molecule has 6 nitrogen and oxygen atoms in total. The number of aryl methyl sites for hydroxylation is 1. The summed E-state index contributed by atoms with van der Waals surface area (Å²) in [6.07, 6.45) is 0.990. The number of benzene rings is 2. The molecule has 3 rings (SSSR count). The highest BCUT2D eigenvalue weighted by Crippen LogP contribution is 2.28. The molecule has 1 aromatic heterocycles. The smallest absolute Gasteiger partial charge is 0.251 e. The highest BCUT2D eigenvalue weighted by atomic mass is 16.5. The van der Waals surface area contributed by atoms with Gasteiger partial charge < -0.3 is 19.4 Å². The maximum atomic E-state index is 12.7. The number of carbonyl (C=O) groups is 1. The number of carbonyl (C=O) groups excluding carboxylic acids is 1. The Morgan fingerprint density at radius 3 is 2.59 bits per heavy atom. The molecule has 0 spiro atoms. The molecule has 1 heterocycles. The lowest BCUT2D eigenvalue weighted by molar-refractivity contribution is 0.0937. The fourth-order valence-corrected chi connectivity index (χ4v) is 3.21. The number of nitrogens with zero attached hydrogens (tertiary/aromatic N) is 2. The van der Waals surface area contributed by atoms with Gasteiger partial charge >= 0.3 is 0 Å². The number of hydrogen-bond acceptors (Lipinski definition) is 4. The number of aromatic nitrogens is 2. The monoisotopic (exact) mass is 367 g/mol. The van der Waals surface area contributed by atoms with Crippen molar-refractivity contribution in [2.45, 2.75) is 32.9 Å². The van der Waals surface area contributed by atoms with Crippen molar-refractivity contribution in [3.05, 3.63) is 53.9 Å². The molecule has 0 aliphatic heterocycles. The number of hydrogen-bond donors (Lipinski definition) is 1. The Hall–Kier alpha value is -3.02. The van der Waals surface area contributed by atoms with Gasteiger partial charge in [0, 0.05) is 12.1 Å². The molecule has 2 aromatic carbocycles. The van der Waals surface area contributed by atoms with Gasteiger partial charge in [-0.25, -0.2) is 4.98 Å². The second kappa shape index (κ2) is 8.12. The lowest BCUT2D eigenvalue weighted by Gasteiger charge is -2.16. The zero-order chi connectivity index (χ0) is 19.4. The van der Waals surface area contributed by atoms with E-state index in [-0.39, 0.29) is 11.9 Å². The molecule has 0 aliphatic carbocycles. The molecular weight excluding hydrogens is 342 g/mol. The number of para-hydroxylation sites is 2. The van der Waals surface area contributed by atoms with Crippen molar-refractivity contribution >= 4 is 16.9 Å². The minimum Gasteiger partial charge on any atom is -0.493 e. The van der Waals surface area contributed by atoms with Crippen LogP contribution in [0, 0.1) is 0 Å². The lowest BCUT2D eigenvalue weighted by Crippen LogP contribution is -2.28. The normalized spacial score (nSPS) is 12.0. The van der Waals surface area contributed by atoms with Crippen LogP contribution in [0.4, 0.5) is 0 Å². The number of fused-ring (bicyclic) bond motifs is 1. The van der Waals surface area contributed by atoms with Crippen LogP contribution in [0.5, 0.6) is 11.5 Å². The minimum absolute atomic E-state index is 0.182. The van der Waals surface area contributed by atoms with Crippen molar-refractivity contribution in [3.8, 4) is 11.5 Å². The van der Waals surface area contributed by atoms with Crippen LogP contribution in [0.2, 0.25) is 0 Å². The second-order valence-electron chi connectivity index (χ2n) is 6.38. The van der Waals surface area contributed by atoms with E-state index in [0.717, 1.165) is 29.8 Å². The molecule has 0 fully saturated rings. The summed E-state index contributed by atoms with van der Waals surface area (Å²) < 4.78 is 12.7. The van der Waals surface area contributed by atoms with Gasteiger partial charge in [-0.3, -0.25) is 4.79 Å². The van der Waals surface area contributed by atoms with Crippen molar-refractivity contribution in [2.75, 3.05) is 14.2 Å². The van der Waals surface area contributed by atoms with Crippen LogP contribution < -0.4 is 14.8 Å². The lowest BCUT2D eigenvalue weighted by atomic mass is 10.1. The van der Waals surface area contributed by atoms with Crippen LogP contribution in [0.1, 0.15) is 42.5 Å². The van der Waals surface area contributed by atoms with Gasteiger partial charge in [-0.2, -0.15) is 0 Å². The van der Waals surface area contributed by atoms with Gasteiger partial charge in [0.1, 0.15) is 5.82 Å². The highest BCUT2D eigenvalue weighted by molar-refractivity contribution is 5.95. The molecule has 6 heteroatoms. The van der Waals surface area contributed by atoms with E-state index in [2.05, 4.69) is 22.9 Å². The molecular formula is C21H25N3O3. The number of methoxy groups -OCH3 is 2. The second-order valence-corrected chi connectivity index (χ2v) is 6.38. The van der Waals surface area contributed by atoms with E-state index in [9.17, 15) is 4.79 Å². The third-order valence-electron chi connectivity index (χ3n) is 4.51. The largest absolute Gasteiger partial charge is 0.493 e. The van der Waals surface area contributed by atoms with Crippen molar-refractivity contribution in [1.82, 2.24) is 14.9 Å². The van der Waals surface area contributed by atoms with Crippen molar-refractivity contribution in [1.29, 1.82) is 0 Å². The Morgan fingerprint density at radius 1 is 1.15 bits per heavy atom. The number of ether oxygens (including phenoxy) is 2. The fourth-order valence-electron chi connectivity index (χ4n) is 3.21. The summed E-state index contributed by atoms with van der Waals surface area (Å²) >= 11 is 0. The molecule has 1 N–H and O–H groups in total. The first-order valence-corrected chi connectivity index (χ1v) is 9.07.